The minimum absolute atomic E-state index is 0.00704. The van der Waals surface area contributed by atoms with Crippen LogP contribution < -0.4 is 5.32 Å². The molecule has 4 nitrogen and oxygen atoms in total. The predicted molar refractivity (Wildman–Crippen MR) is 94.6 cm³/mol. The van der Waals surface area contributed by atoms with E-state index in [0.29, 0.717) is 6.54 Å². The zero-order valence-corrected chi connectivity index (χ0v) is 13.9. The number of carbonyl (C=O) groups excluding carboxylic acids is 1. The monoisotopic (exact) mass is 319 g/mol. The molecule has 122 valence electrons. The van der Waals surface area contributed by atoms with Gasteiger partial charge in [0.05, 0.1) is 11.6 Å². The van der Waals surface area contributed by atoms with E-state index in [1.54, 1.807) is 0 Å². The lowest BCUT2D eigenvalue weighted by atomic mass is 9.90. The van der Waals surface area contributed by atoms with Crippen LogP contribution in [0.4, 0.5) is 0 Å². The first kappa shape index (κ1) is 16.0. The van der Waals surface area contributed by atoms with Gasteiger partial charge < -0.3 is 5.32 Å². The van der Waals surface area contributed by atoms with E-state index >= 15 is 0 Å². The van der Waals surface area contributed by atoms with Gasteiger partial charge in [-0.25, -0.2) is 0 Å². The Morgan fingerprint density at radius 2 is 1.54 bits per heavy atom. The normalized spacial score (nSPS) is 10.8. The first-order valence-electron chi connectivity index (χ1n) is 8.05. The average Bonchev–Trinajstić information content (AvgIpc) is 2.93. The molecule has 1 amide bonds. The van der Waals surface area contributed by atoms with Crippen molar-refractivity contribution < 1.29 is 4.79 Å². The summed E-state index contributed by atoms with van der Waals surface area (Å²) in [6.45, 7) is 4.38. The van der Waals surface area contributed by atoms with Crippen LogP contribution in [0.5, 0.6) is 0 Å². The second-order valence-electron chi connectivity index (χ2n) is 5.88. The van der Waals surface area contributed by atoms with Crippen molar-refractivity contribution in [1.29, 1.82) is 0 Å². The maximum Gasteiger partial charge on any atom is 0.232 e. The van der Waals surface area contributed by atoms with Crippen LogP contribution in [0.2, 0.25) is 0 Å². The highest BCUT2D eigenvalue weighted by atomic mass is 16.1. The molecule has 0 aliphatic carbocycles. The molecular formula is C20H21N3O. The molecule has 1 aromatic heterocycles. The highest BCUT2D eigenvalue weighted by Gasteiger charge is 2.22. The Hall–Kier alpha value is -2.88. The number of rotatable bonds is 5. The number of H-pyrrole nitrogens is 1. The first-order chi connectivity index (χ1) is 11.7. The van der Waals surface area contributed by atoms with Crippen LogP contribution in [0.15, 0.2) is 60.7 Å². The van der Waals surface area contributed by atoms with Crippen molar-refractivity contribution in [2.75, 3.05) is 0 Å². The number of aromatic nitrogens is 2. The van der Waals surface area contributed by atoms with Gasteiger partial charge in [-0.3, -0.25) is 9.89 Å². The topological polar surface area (TPSA) is 57.8 Å². The molecule has 0 aliphatic rings. The fraction of sp³-hybridized carbons (Fsp3) is 0.200. The van der Waals surface area contributed by atoms with Gasteiger partial charge in [-0.05, 0) is 25.0 Å². The quantitative estimate of drug-likeness (QED) is 0.756. The Balaban J connectivity index is 1.85. The van der Waals surface area contributed by atoms with Gasteiger partial charge in [0, 0.05) is 17.8 Å². The van der Waals surface area contributed by atoms with Crippen molar-refractivity contribution in [3.8, 4) is 0 Å². The lowest BCUT2D eigenvalue weighted by Crippen LogP contribution is -2.30. The molecule has 24 heavy (non-hydrogen) atoms. The van der Waals surface area contributed by atoms with Gasteiger partial charge in [0.15, 0.2) is 0 Å². The summed E-state index contributed by atoms with van der Waals surface area (Å²) in [4.78, 5) is 12.9. The Morgan fingerprint density at radius 1 is 1.00 bits per heavy atom. The van der Waals surface area contributed by atoms with Gasteiger partial charge in [-0.1, -0.05) is 60.7 Å². The summed E-state index contributed by atoms with van der Waals surface area (Å²) in [6, 6.07) is 19.7. The fourth-order valence-corrected chi connectivity index (χ4v) is 2.90. The molecule has 4 heteroatoms. The molecule has 0 bridgehead atoms. The molecule has 3 aromatic rings. The number of nitrogens with one attached hydrogen (secondary N) is 2. The molecule has 0 fully saturated rings. The Morgan fingerprint density at radius 3 is 2.00 bits per heavy atom. The van der Waals surface area contributed by atoms with Crippen molar-refractivity contribution in [1.82, 2.24) is 15.5 Å². The van der Waals surface area contributed by atoms with Crippen LogP contribution in [0.25, 0.3) is 0 Å². The standard InChI is InChI=1S/C20H21N3O/c1-14-18(15(2)23-22-14)13-21-20(24)19(16-9-5-3-6-10-16)17-11-7-4-8-12-17/h3-12,19H,13H2,1-2H3,(H,21,24)(H,22,23). The lowest BCUT2D eigenvalue weighted by molar-refractivity contribution is -0.121. The molecule has 0 unspecified atom stereocenters. The second kappa shape index (κ2) is 7.13. The zero-order chi connectivity index (χ0) is 16.9. The van der Waals surface area contributed by atoms with E-state index in [-0.39, 0.29) is 11.8 Å². The summed E-state index contributed by atoms with van der Waals surface area (Å²) in [6.07, 6.45) is 0. The van der Waals surface area contributed by atoms with Crippen molar-refractivity contribution >= 4 is 5.91 Å². The van der Waals surface area contributed by atoms with Gasteiger partial charge in [0.2, 0.25) is 5.91 Å². The number of carbonyl (C=O) groups is 1. The molecule has 0 saturated carbocycles. The molecule has 3 rings (SSSR count). The number of amides is 1. The van der Waals surface area contributed by atoms with Crippen molar-refractivity contribution in [2.24, 2.45) is 0 Å². The van der Waals surface area contributed by atoms with Crippen molar-refractivity contribution in [3.63, 3.8) is 0 Å². The highest BCUT2D eigenvalue weighted by Crippen LogP contribution is 2.25. The van der Waals surface area contributed by atoms with Crippen LogP contribution in [0.3, 0.4) is 0 Å². The number of aryl methyl sites for hydroxylation is 2. The number of hydrogen-bond donors (Lipinski definition) is 2. The minimum Gasteiger partial charge on any atom is -0.351 e. The van der Waals surface area contributed by atoms with E-state index in [1.165, 1.54) is 0 Å². The molecule has 2 N–H and O–H groups in total. The van der Waals surface area contributed by atoms with E-state index in [0.717, 1.165) is 28.1 Å². The smallest absolute Gasteiger partial charge is 0.232 e. The average molecular weight is 319 g/mol. The Kier molecular flexibility index (Phi) is 4.75. The number of benzene rings is 2. The minimum atomic E-state index is -0.320. The zero-order valence-electron chi connectivity index (χ0n) is 13.9. The summed E-state index contributed by atoms with van der Waals surface area (Å²) in [5.41, 5.74) is 4.93. The molecule has 0 saturated heterocycles. The van der Waals surface area contributed by atoms with Gasteiger partial charge in [-0.2, -0.15) is 5.10 Å². The third kappa shape index (κ3) is 3.38. The van der Waals surface area contributed by atoms with Gasteiger partial charge in [0.1, 0.15) is 0 Å². The van der Waals surface area contributed by atoms with Gasteiger partial charge in [-0.15, -0.1) is 0 Å². The molecular weight excluding hydrogens is 298 g/mol. The van der Waals surface area contributed by atoms with Crippen molar-refractivity contribution in [3.05, 3.63) is 88.7 Å². The number of hydrogen-bond acceptors (Lipinski definition) is 2. The van der Waals surface area contributed by atoms with E-state index in [4.69, 9.17) is 0 Å². The summed E-state index contributed by atoms with van der Waals surface area (Å²) >= 11 is 0. The van der Waals surface area contributed by atoms with Crippen LogP contribution >= 0.6 is 0 Å². The molecule has 0 aliphatic heterocycles. The van der Waals surface area contributed by atoms with E-state index in [9.17, 15) is 4.79 Å². The molecule has 0 radical (unpaired) electrons. The largest absolute Gasteiger partial charge is 0.351 e. The van der Waals surface area contributed by atoms with E-state index in [2.05, 4.69) is 15.5 Å². The maximum absolute atomic E-state index is 12.9. The number of nitrogens with zero attached hydrogens (tertiary/aromatic N) is 1. The van der Waals surface area contributed by atoms with Gasteiger partial charge >= 0.3 is 0 Å². The fourth-order valence-electron chi connectivity index (χ4n) is 2.90. The summed E-state index contributed by atoms with van der Waals surface area (Å²) < 4.78 is 0. The van der Waals surface area contributed by atoms with Gasteiger partial charge in [0.25, 0.3) is 0 Å². The molecule has 0 atom stereocenters. The third-order valence-corrected chi connectivity index (χ3v) is 4.25. The number of aromatic amines is 1. The molecule has 2 aromatic carbocycles. The van der Waals surface area contributed by atoms with Crippen LogP contribution in [-0.2, 0) is 11.3 Å². The summed E-state index contributed by atoms with van der Waals surface area (Å²) in [7, 11) is 0. The SMILES string of the molecule is Cc1n[nH]c(C)c1CNC(=O)C(c1ccccc1)c1ccccc1. The van der Waals surface area contributed by atoms with Crippen LogP contribution in [0, 0.1) is 13.8 Å². The van der Waals surface area contributed by atoms with Crippen LogP contribution in [0.1, 0.15) is 34.0 Å². The third-order valence-electron chi connectivity index (χ3n) is 4.25. The molecule has 0 spiro atoms. The van der Waals surface area contributed by atoms with Crippen molar-refractivity contribution in [2.45, 2.75) is 26.3 Å². The lowest BCUT2D eigenvalue weighted by Gasteiger charge is -2.18. The Labute approximate surface area is 141 Å². The highest BCUT2D eigenvalue weighted by molar-refractivity contribution is 5.87. The van der Waals surface area contributed by atoms with E-state index < -0.39 is 0 Å². The van der Waals surface area contributed by atoms with E-state index in [1.807, 2.05) is 74.5 Å². The molecule has 1 heterocycles. The maximum atomic E-state index is 12.9. The summed E-state index contributed by atoms with van der Waals surface area (Å²) in [5.74, 6) is -0.327. The predicted octanol–water partition coefficient (Wildman–Crippen LogP) is 3.47. The second-order valence-corrected chi connectivity index (χ2v) is 5.88. The first-order valence-corrected chi connectivity index (χ1v) is 8.05. The Bertz CT molecular complexity index is 750. The van der Waals surface area contributed by atoms with Crippen LogP contribution in [-0.4, -0.2) is 16.1 Å². The summed E-state index contributed by atoms with van der Waals surface area (Å²) in [5, 5.41) is 10.2.